The number of nitrogens with one attached hydrogen (secondary N) is 2. The van der Waals surface area contributed by atoms with E-state index in [4.69, 9.17) is 0 Å². The molecule has 0 spiro atoms. The monoisotopic (exact) mass is 200 g/mol. The highest BCUT2D eigenvalue weighted by atomic mass is 32.2. The Morgan fingerprint density at radius 3 is 3.00 bits per heavy atom. The molecule has 74 valence electrons. The highest BCUT2D eigenvalue weighted by Gasteiger charge is 2.16. The molecule has 0 atom stereocenters. The Hall–Kier alpha value is -0.480. The first kappa shape index (κ1) is 10.6. The van der Waals surface area contributed by atoms with Crippen LogP contribution in [0.4, 0.5) is 0 Å². The molecular formula is C9H16N2OS. The van der Waals surface area contributed by atoms with E-state index in [1.165, 1.54) is 0 Å². The van der Waals surface area contributed by atoms with Crippen molar-refractivity contribution in [3.8, 4) is 0 Å². The first-order chi connectivity index (χ1) is 6.33. The molecule has 1 amide bonds. The minimum Gasteiger partial charge on any atom is -0.352 e. The molecule has 0 aliphatic carbocycles. The third kappa shape index (κ3) is 4.33. The summed E-state index contributed by atoms with van der Waals surface area (Å²) in [6, 6.07) is 0. The van der Waals surface area contributed by atoms with Gasteiger partial charge in [0.2, 0.25) is 5.91 Å². The second-order valence-electron chi connectivity index (χ2n) is 3.13. The van der Waals surface area contributed by atoms with Crippen molar-refractivity contribution in [2.24, 2.45) is 5.92 Å². The zero-order valence-corrected chi connectivity index (χ0v) is 8.53. The molecular weight excluding hydrogens is 184 g/mol. The maximum absolute atomic E-state index is 11.1. The predicted molar refractivity (Wildman–Crippen MR) is 56.9 cm³/mol. The van der Waals surface area contributed by atoms with Crippen LogP contribution in [-0.4, -0.2) is 37.0 Å². The second-order valence-corrected chi connectivity index (χ2v) is 4.16. The van der Waals surface area contributed by atoms with Gasteiger partial charge in [0, 0.05) is 6.54 Å². The number of thioether (sulfide) groups is 1. The quantitative estimate of drug-likeness (QED) is 0.604. The fourth-order valence-corrected chi connectivity index (χ4v) is 2.00. The smallest absolute Gasteiger partial charge is 0.230 e. The average Bonchev–Trinajstić information content (AvgIpc) is 2.06. The Kier molecular flexibility index (Phi) is 4.93. The van der Waals surface area contributed by atoms with Crippen LogP contribution in [0, 0.1) is 5.92 Å². The summed E-state index contributed by atoms with van der Waals surface area (Å²) in [4.78, 5) is 11.1. The van der Waals surface area contributed by atoms with Gasteiger partial charge in [-0.2, -0.15) is 11.8 Å². The molecule has 2 N–H and O–H groups in total. The van der Waals surface area contributed by atoms with Crippen molar-refractivity contribution in [2.45, 2.75) is 0 Å². The summed E-state index contributed by atoms with van der Waals surface area (Å²) < 4.78 is 0. The summed E-state index contributed by atoms with van der Waals surface area (Å²) in [5, 5.41) is 5.96. The molecule has 1 aliphatic heterocycles. The molecule has 0 bridgehead atoms. The van der Waals surface area contributed by atoms with Crippen LogP contribution in [0.25, 0.3) is 0 Å². The summed E-state index contributed by atoms with van der Waals surface area (Å²) in [7, 11) is 0. The molecule has 1 saturated heterocycles. The number of hydrogen-bond donors (Lipinski definition) is 2. The zero-order chi connectivity index (χ0) is 9.52. The van der Waals surface area contributed by atoms with Crippen LogP contribution in [0.3, 0.4) is 0 Å². The van der Waals surface area contributed by atoms with Crippen LogP contribution >= 0.6 is 11.8 Å². The van der Waals surface area contributed by atoms with Crippen molar-refractivity contribution in [1.29, 1.82) is 0 Å². The summed E-state index contributed by atoms with van der Waals surface area (Å²) in [6.45, 7) is 6.33. The van der Waals surface area contributed by atoms with Crippen LogP contribution < -0.4 is 10.6 Å². The molecule has 1 heterocycles. The lowest BCUT2D eigenvalue weighted by Crippen LogP contribution is -2.43. The van der Waals surface area contributed by atoms with Crippen molar-refractivity contribution in [3.63, 3.8) is 0 Å². The molecule has 3 nitrogen and oxygen atoms in total. The van der Waals surface area contributed by atoms with Gasteiger partial charge in [-0.15, -0.1) is 6.58 Å². The van der Waals surface area contributed by atoms with Crippen molar-refractivity contribution in [1.82, 2.24) is 10.6 Å². The number of carbonyl (C=O) groups excluding carboxylic acids is 1. The van der Waals surface area contributed by atoms with Gasteiger partial charge in [0.25, 0.3) is 0 Å². The molecule has 0 aromatic heterocycles. The van der Waals surface area contributed by atoms with E-state index >= 15 is 0 Å². The summed E-state index contributed by atoms with van der Waals surface area (Å²) in [6.07, 6.45) is 1.69. The molecule has 0 aromatic carbocycles. The number of rotatable bonds is 6. The Morgan fingerprint density at radius 2 is 2.46 bits per heavy atom. The van der Waals surface area contributed by atoms with Crippen LogP contribution in [-0.2, 0) is 4.79 Å². The Balaban J connectivity index is 1.91. The SMILES string of the molecule is C=CCNC(=O)CSCC1CNC1. The van der Waals surface area contributed by atoms with Gasteiger partial charge in [-0.05, 0) is 24.8 Å². The van der Waals surface area contributed by atoms with Gasteiger partial charge in [-0.25, -0.2) is 0 Å². The molecule has 0 radical (unpaired) electrons. The standard InChI is InChI=1S/C9H16N2OS/c1-2-3-11-9(12)7-13-6-8-4-10-5-8/h2,8,10H,1,3-7H2,(H,11,12). The van der Waals surface area contributed by atoms with Gasteiger partial charge in [0.15, 0.2) is 0 Å². The van der Waals surface area contributed by atoms with E-state index in [1.54, 1.807) is 17.8 Å². The average molecular weight is 200 g/mol. The molecule has 13 heavy (non-hydrogen) atoms. The summed E-state index contributed by atoms with van der Waals surface area (Å²) >= 11 is 1.71. The first-order valence-electron chi connectivity index (χ1n) is 4.49. The Bertz CT molecular complexity index is 180. The van der Waals surface area contributed by atoms with Gasteiger partial charge in [0.1, 0.15) is 0 Å². The molecule has 4 heteroatoms. The van der Waals surface area contributed by atoms with Gasteiger partial charge < -0.3 is 10.6 Å². The van der Waals surface area contributed by atoms with Crippen molar-refractivity contribution >= 4 is 17.7 Å². The zero-order valence-electron chi connectivity index (χ0n) is 7.71. The van der Waals surface area contributed by atoms with Gasteiger partial charge in [-0.1, -0.05) is 6.08 Å². The fourth-order valence-electron chi connectivity index (χ4n) is 1.02. The number of carbonyl (C=O) groups is 1. The third-order valence-corrected chi connectivity index (χ3v) is 3.07. The maximum atomic E-state index is 11.1. The lowest BCUT2D eigenvalue weighted by molar-refractivity contribution is -0.118. The van der Waals surface area contributed by atoms with E-state index < -0.39 is 0 Å². The lowest BCUT2D eigenvalue weighted by Gasteiger charge is -2.26. The molecule has 0 unspecified atom stereocenters. The highest BCUT2D eigenvalue weighted by molar-refractivity contribution is 7.99. The van der Waals surface area contributed by atoms with Crippen LogP contribution in [0.5, 0.6) is 0 Å². The molecule has 1 aliphatic rings. The topological polar surface area (TPSA) is 41.1 Å². The largest absolute Gasteiger partial charge is 0.352 e. The normalized spacial score (nSPS) is 16.3. The minimum atomic E-state index is 0.109. The van der Waals surface area contributed by atoms with E-state index in [1.807, 2.05) is 0 Å². The lowest BCUT2D eigenvalue weighted by atomic mass is 10.1. The Morgan fingerprint density at radius 1 is 1.69 bits per heavy atom. The molecule has 0 saturated carbocycles. The Labute approximate surface area is 83.3 Å². The summed E-state index contributed by atoms with van der Waals surface area (Å²) in [5.74, 6) is 2.55. The number of hydrogen-bond acceptors (Lipinski definition) is 3. The minimum absolute atomic E-state index is 0.109. The van der Waals surface area contributed by atoms with E-state index in [9.17, 15) is 4.79 Å². The van der Waals surface area contributed by atoms with E-state index in [0.29, 0.717) is 12.3 Å². The van der Waals surface area contributed by atoms with Crippen LogP contribution in [0.15, 0.2) is 12.7 Å². The molecule has 0 aromatic rings. The van der Waals surface area contributed by atoms with E-state index in [-0.39, 0.29) is 5.91 Å². The van der Waals surface area contributed by atoms with Gasteiger partial charge in [0.05, 0.1) is 5.75 Å². The van der Waals surface area contributed by atoms with E-state index in [2.05, 4.69) is 17.2 Å². The predicted octanol–water partition coefficient (Wildman–Crippen LogP) is 0.241. The highest BCUT2D eigenvalue weighted by Crippen LogP contribution is 2.11. The molecule has 1 rings (SSSR count). The van der Waals surface area contributed by atoms with Crippen molar-refractivity contribution in [2.75, 3.05) is 31.1 Å². The third-order valence-electron chi connectivity index (χ3n) is 1.90. The van der Waals surface area contributed by atoms with Gasteiger partial charge >= 0.3 is 0 Å². The maximum Gasteiger partial charge on any atom is 0.230 e. The van der Waals surface area contributed by atoms with Crippen molar-refractivity contribution < 1.29 is 4.79 Å². The fraction of sp³-hybridized carbons (Fsp3) is 0.667. The van der Waals surface area contributed by atoms with E-state index in [0.717, 1.165) is 24.8 Å². The second kappa shape index (κ2) is 6.05. The van der Waals surface area contributed by atoms with Crippen molar-refractivity contribution in [3.05, 3.63) is 12.7 Å². The molecule has 1 fully saturated rings. The van der Waals surface area contributed by atoms with Crippen LogP contribution in [0.2, 0.25) is 0 Å². The van der Waals surface area contributed by atoms with Crippen LogP contribution in [0.1, 0.15) is 0 Å². The first-order valence-corrected chi connectivity index (χ1v) is 5.64. The number of amides is 1. The summed E-state index contributed by atoms with van der Waals surface area (Å²) in [5.41, 5.74) is 0. The van der Waals surface area contributed by atoms with Gasteiger partial charge in [-0.3, -0.25) is 4.79 Å².